The molecule has 0 unspecified atom stereocenters. The number of benzene rings is 1. The van der Waals surface area contributed by atoms with Gasteiger partial charge < -0.3 is 10.6 Å². The summed E-state index contributed by atoms with van der Waals surface area (Å²) in [5.41, 5.74) is 0.497. The van der Waals surface area contributed by atoms with Crippen LogP contribution in [0.15, 0.2) is 36.4 Å². The van der Waals surface area contributed by atoms with Gasteiger partial charge in [-0.1, -0.05) is 37.5 Å². The molecule has 0 atom stereocenters. The van der Waals surface area contributed by atoms with E-state index in [0.29, 0.717) is 23.5 Å². The van der Waals surface area contributed by atoms with Gasteiger partial charge in [0, 0.05) is 29.4 Å². The molecule has 138 valence electrons. The summed E-state index contributed by atoms with van der Waals surface area (Å²) in [6, 6.07) is 9.97. The number of amides is 2. The first-order valence-corrected chi connectivity index (χ1v) is 9.87. The summed E-state index contributed by atoms with van der Waals surface area (Å²) in [5.74, 6) is -0.284. The lowest BCUT2D eigenvalue weighted by molar-refractivity contribution is -0.125. The Labute approximate surface area is 156 Å². The Morgan fingerprint density at radius 3 is 2.50 bits per heavy atom. The van der Waals surface area contributed by atoms with E-state index in [0.717, 1.165) is 30.6 Å². The molecule has 0 saturated heterocycles. The number of hydrogen-bond donors (Lipinski definition) is 2. The van der Waals surface area contributed by atoms with Crippen molar-refractivity contribution in [2.45, 2.75) is 32.1 Å². The number of nitrogens with one attached hydrogen (secondary N) is 2. The quantitative estimate of drug-likeness (QED) is 0.752. The van der Waals surface area contributed by atoms with Crippen LogP contribution in [0.3, 0.4) is 0 Å². The van der Waals surface area contributed by atoms with Crippen LogP contribution in [-0.4, -0.2) is 24.9 Å². The Morgan fingerprint density at radius 1 is 1.00 bits per heavy atom. The maximum Gasteiger partial charge on any atom is 0.261 e. The number of halogens is 1. The van der Waals surface area contributed by atoms with Crippen LogP contribution in [-0.2, 0) is 4.79 Å². The van der Waals surface area contributed by atoms with Crippen LogP contribution in [0.1, 0.15) is 41.8 Å². The Hall–Kier alpha value is -2.21. The van der Waals surface area contributed by atoms with E-state index in [-0.39, 0.29) is 23.5 Å². The van der Waals surface area contributed by atoms with Gasteiger partial charge in [0.25, 0.3) is 5.91 Å². The number of carbonyl (C=O) groups is 2. The van der Waals surface area contributed by atoms with Crippen molar-refractivity contribution < 1.29 is 14.0 Å². The van der Waals surface area contributed by atoms with Gasteiger partial charge in [-0.25, -0.2) is 4.39 Å². The Morgan fingerprint density at radius 2 is 1.73 bits per heavy atom. The molecule has 26 heavy (non-hydrogen) atoms. The largest absolute Gasteiger partial charge is 0.354 e. The molecule has 1 aromatic heterocycles. The maximum atomic E-state index is 13.8. The van der Waals surface area contributed by atoms with Gasteiger partial charge in [-0.15, -0.1) is 11.3 Å². The molecule has 1 aliphatic rings. The zero-order chi connectivity index (χ0) is 18.4. The lowest BCUT2D eigenvalue weighted by Gasteiger charge is -2.20. The lowest BCUT2D eigenvalue weighted by atomic mass is 9.89. The average molecular weight is 374 g/mol. The Balaban J connectivity index is 1.45. The summed E-state index contributed by atoms with van der Waals surface area (Å²) in [6.07, 6.45) is 5.39. The van der Waals surface area contributed by atoms with E-state index in [1.165, 1.54) is 23.8 Å². The van der Waals surface area contributed by atoms with Crippen LogP contribution in [0.4, 0.5) is 4.39 Å². The summed E-state index contributed by atoms with van der Waals surface area (Å²) in [4.78, 5) is 25.5. The predicted octanol–water partition coefficient (Wildman–Crippen LogP) is 3.98. The van der Waals surface area contributed by atoms with Crippen molar-refractivity contribution in [1.82, 2.24) is 10.6 Å². The third kappa shape index (κ3) is 4.69. The molecule has 1 heterocycles. The fourth-order valence-corrected chi connectivity index (χ4v) is 4.17. The van der Waals surface area contributed by atoms with Crippen molar-refractivity contribution in [2.75, 3.05) is 13.1 Å². The van der Waals surface area contributed by atoms with E-state index < -0.39 is 0 Å². The normalized spacial score (nSPS) is 14.8. The third-order valence-electron chi connectivity index (χ3n) is 4.65. The molecule has 1 fully saturated rings. The first kappa shape index (κ1) is 18.6. The minimum Gasteiger partial charge on any atom is -0.354 e. The highest BCUT2D eigenvalue weighted by Gasteiger charge is 2.20. The van der Waals surface area contributed by atoms with Gasteiger partial charge in [-0.05, 0) is 31.0 Å². The first-order chi connectivity index (χ1) is 12.6. The van der Waals surface area contributed by atoms with Gasteiger partial charge in [0.1, 0.15) is 5.82 Å². The summed E-state index contributed by atoms with van der Waals surface area (Å²) in [5, 5.41) is 5.70. The molecule has 1 aliphatic carbocycles. The van der Waals surface area contributed by atoms with E-state index in [2.05, 4.69) is 10.6 Å². The molecule has 0 spiro atoms. The van der Waals surface area contributed by atoms with Crippen molar-refractivity contribution in [3.05, 3.63) is 47.1 Å². The summed E-state index contributed by atoms with van der Waals surface area (Å²) in [7, 11) is 0. The fourth-order valence-electron chi connectivity index (χ4n) is 3.22. The highest BCUT2D eigenvalue weighted by Crippen LogP contribution is 2.29. The summed E-state index contributed by atoms with van der Waals surface area (Å²) < 4.78 is 13.8. The van der Waals surface area contributed by atoms with Crippen molar-refractivity contribution in [1.29, 1.82) is 0 Å². The molecule has 0 bridgehead atoms. The van der Waals surface area contributed by atoms with Crippen LogP contribution in [0.25, 0.3) is 10.4 Å². The Kier molecular flexibility index (Phi) is 6.39. The van der Waals surface area contributed by atoms with Crippen LogP contribution >= 0.6 is 11.3 Å². The van der Waals surface area contributed by atoms with Crippen molar-refractivity contribution in [3.8, 4) is 10.4 Å². The van der Waals surface area contributed by atoms with Gasteiger partial charge in [-0.3, -0.25) is 9.59 Å². The van der Waals surface area contributed by atoms with Gasteiger partial charge >= 0.3 is 0 Å². The first-order valence-electron chi connectivity index (χ1n) is 9.06. The number of thiophene rings is 1. The fraction of sp³-hybridized carbons (Fsp3) is 0.400. The summed E-state index contributed by atoms with van der Waals surface area (Å²) in [6.45, 7) is 0.802. The topological polar surface area (TPSA) is 58.2 Å². The van der Waals surface area contributed by atoms with Gasteiger partial charge in [-0.2, -0.15) is 0 Å². The van der Waals surface area contributed by atoms with Crippen LogP contribution in [0.2, 0.25) is 0 Å². The van der Waals surface area contributed by atoms with Gasteiger partial charge in [0.15, 0.2) is 0 Å². The molecule has 0 aliphatic heterocycles. The molecule has 2 N–H and O–H groups in total. The third-order valence-corrected chi connectivity index (χ3v) is 5.77. The van der Waals surface area contributed by atoms with E-state index in [1.807, 2.05) is 0 Å². The molecular formula is C20H23FN2O2S. The molecule has 1 saturated carbocycles. The van der Waals surface area contributed by atoms with Crippen molar-refractivity contribution in [3.63, 3.8) is 0 Å². The molecule has 0 radical (unpaired) electrons. The zero-order valence-electron chi connectivity index (χ0n) is 14.6. The molecule has 2 aromatic rings. The van der Waals surface area contributed by atoms with Crippen molar-refractivity contribution >= 4 is 23.2 Å². The standard InChI is InChI=1S/C20H23FN2O2S/c21-16-9-5-4-8-15(16)17-10-11-18(26-17)20(25)23-13-12-22-19(24)14-6-2-1-3-7-14/h4-5,8-11,14H,1-3,6-7,12-13H2,(H,22,24)(H,23,25). The van der Waals surface area contributed by atoms with Gasteiger partial charge in [0.2, 0.25) is 5.91 Å². The molecule has 4 nitrogen and oxygen atoms in total. The minimum absolute atomic E-state index is 0.0944. The second kappa shape index (κ2) is 8.94. The van der Waals surface area contributed by atoms with Crippen LogP contribution < -0.4 is 10.6 Å². The van der Waals surface area contributed by atoms with E-state index >= 15 is 0 Å². The van der Waals surface area contributed by atoms with E-state index in [1.54, 1.807) is 30.3 Å². The molecule has 2 amide bonds. The van der Waals surface area contributed by atoms with E-state index in [9.17, 15) is 14.0 Å². The van der Waals surface area contributed by atoms with Crippen LogP contribution in [0.5, 0.6) is 0 Å². The number of rotatable bonds is 6. The van der Waals surface area contributed by atoms with E-state index in [4.69, 9.17) is 0 Å². The second-order valence-electron chi connectivity index (χ2n) is 6.53. The molecule has 3 rings (SSSR count). The molecule has 6 heteroatoms. The average Bonchev–Trinajstić information content (AvgIpc) is 3.16. The number of hydrogen-bond acceptors (Lipinski definition) is 3. The lowest BCUT2D eigenvalue weighted by Crippen LogP contribution is -2.38. The van der Waals surface area contributed by atoms with Crippen LogP contribution in [0, 0.1) is 11.7 Å². The van der Waals surface area contributed by atoms with Crippen molar-refractivity contribution in [2.24, 2.45) is 5.92 Å². The monoisotopic (exact) mass is 374 g/mol. The SMILES string of the molecule is O=C(NCCNC(=O)C1CCCCC1)c1ccc(-c2ccccc2F)s1. The minimum atomic E-state index is -0.299. The molecular weight excluding hydrogens is 351 g/mol. The zero-order valence-corrected chi connectivity index (χ0v) is 15.4. The molecule has 1 aromatic carbocycles. The van der Waals surface area contributed by atoms with Gasteiger partial charge in [0.05, 0.1) is 4.88 Å². The highest BCUT2D eigenvalue weighted by atomic mass is 32.1. The smallest absolute Gasteiger partial charge is 0.261 e. The number of carbonyl (C=O) groups excluding carboxylic acids is 2. The predicted molar refractivity (Wildman–Crippen MR) is 102 cm³/mol. The highest BCUT2D eigenvalue weighted by molar-refractivity contribution is 7.17. The Bertz CT molecular complexity index is 769. The maximum absolute atomic E-state index is 13.8. The second-order valence-corrected chi connectivity index (χ2v) is 7.61. The summed E-state index contributed by atoms with van der Waals surface area (Å²) >= 11 is 1.26.